The van der Waals surface area contributed by atoms with Crippen LogP contribution in [0.1, 0.15) is 37.8 Å². The zero-order valence-corrected chi connectivity index (χ0v) is 13.9. The van der Waals surface area contributed by atoms with Crippen LogP contribution in [-0.2, 0) is 11.3 Å². The Balaban J connectivity index is 2.63. The van der Waals surface area contributed by atoms with Crippen molar-refractivity contribution < 1.29 is 9.53 Å². The molecule has 0 saturated carbocycles. The Bertz CT molecular complexity index is 463. The molecule has 0 bridgehead atoms. The lowest BCUT2D eigenvalue weighted by molar-refractivity contribution is -0.123. The first-order valence-electron chi connectivity index (χ1n) is 6.89. The molecule has 0 aliphatic heterocycles. The highest BCUT2D eigenvalue weighted by molar-refractivity contribution is 9.10. The molecule has 0 heterocycles. The minimum Gasteiger partial charge on any atom is -0.483 e. The van der Waals surface area contributed by atoms with Crippen molar-refractivity contribution in [3.8, 4) is 5.75 Å². The number of amides is 1. The first kappa shape index (κ1) is 17.0. The molecule has 0 aromatic heterocycles. The van der Waals surface area contributed by atoms with Gasteiger partial charge in [0.1, 0.15) is 5.75 Å². The number of hydrogen-bond acceptors (Lipinski definition) is 3. The van der Waals surface area contributed by atoms with Crippen LogP contribution in [0.15, 0.2) is 16.6 Å². The summed E-state index contributed by atoms with van der Waals surface area (Å²) in [5.41, 5.74) is 7.58. The predicted octanol–water partition coefficient (Wildman–Crippen LogP) is 2.90. The van der Waals surface area contributed by atoms with Gasteiger partial charge in [-0.3, -0.25) is 4.79 Å². The molecule has 5 heteroatoms. The van der Waals surface area contributed by atoms with Crippen LogP contribution in [0.5, 0.6) is 5.75 Å². The van der Waals surface area contributed by atoms with Crippen molar-refractivity contribution in [2.75, 3.05) is 6.61 Å². The average molecular weight is 343 g/mol. The van der Waals surface area contributed by atoms with Crippen LogP contribution in [0.3, 0.4) is 0 Å². The number of ether oxygens (including phenoxy) is 1. The van der Waals surface area contributed by atoms with Crippen molar-refractivity contribution in [2.45, 2.75) is 46.2 Å². The number of hydrogen-bond donors (Lipinski definition) is 2. The molecular formula is C15H23BrN2O2. The zero-order valence-electron chi connectivity index (χ0n) is 12.3. The Kier molecular flexibility index (Phi) is 7.02. The largest absolute Gasteiger partial charge is 0.483 e. The predicted molar refractivity (Wildman–Crippen MR) is 84.8 cm³/mol. The number of aryl methyl sites for hydroxylation is 1. The number of halogens is 1. The van der Waals surface area contributed by atoms with Gasteiger partial charge in [0.15, 0.2) is 6.61 Å². The van der Waals surface area contributed by atoms with Crippen molar-refractivity contribution in [1.29, 1.82) is 0 Å². The minimum absolute atomic E-state index is 0.0174. The van der Waals surface area contributed by atoms with Gasteiger partial charge >= 0.3 is 0 Å². The second-order valence-corrected chi connectivity index (χ2v) is 5.88. The number of carbonyl (C=O) groups is 1. The maximum absolute atomic E-state index is 11.8. The highest BCUT2D eigenvalue weighted by Crippen LogP contribution is 2.27. The molecule has 0 spiro atoms. The molecule has 1 unspecified atom stereocenters. The fraction of sp³-hybridized carbons (Fsp3) is 0.533. The molecule has 0 aliphatic rings. The van der Waals surface area contributed by atoms with E-state index in [0.717, 1.165) is 28.4 Å². The van der Waals surface area contributed by atoms with Gasteiger partial charge in [0.25, 0.3) is 5.91 Å². The van der Waals surface area contributed by atoms with Crippen LogP contribution < -0.4 is 15.8 Å². The summed E-state index contributed by atoms with van der Waals surface area (Å²) in [6.45, 7) is 6.43. The second kappa shape index (κ2) is 8.27. The maximum Gasteiger partial charge on any atom is 0.258 e. The monoisotopic (exact) mass is 342 g/mol. The van der Waals surface area contributed by atoms with Gasteiger partial charge < -0.3 is 15.8 Å². The van der Waals surface area contributed by atoms with E-state index in [2.05, 4.69) is 28.2 Å². The lowest BCUT2D eigenvalue weighted by Crippen LogP contribution is -2.36. The summed E-state index contributed by atoms with van der Waals surface area (Å²) in [6.07, 6.45) is 2.02. The number of nitrogens with one attached hydrogen (secondary N) is 1. The fourth-order valence-electron chi connectivity index (χ4n) is 2.12. The van der Waals surface area contributed by atoms with Crippen molar-refractivity contribution in [3.63, 3.8) is 0 Å². The summed E-state index contributed by atoms with van der Waals surface area (Å²) in [7, 11) is 0. The molecule has 112 valence electrons. The molecule has 1 amide bonds. The van der Waals surface area contributed by atoms with Crippen molar-refractivity contribution in [1.82, 2.24) is 5.32 Å². The third kappa shape index (κ3) is 5.13. The van der Waals surface area contributed by atoms with E-state index < -0.39 is 0 Å². The number of rotatable bonds is 7. The van der Waals surface area contributed by atoms with Gasteiger partial charge in [-0.05, 0) is 38.0 Å². The molecule has 0 saturated heterocycles. The zero-order chi connectivity index (χ0) is 15.1. The second-order valence-electron chi connectivity index (χ2n) is 4.96. The van der Waals surface area contributed by atoms with E-state index in [-0.39, 0.29) is 18.6 Å². The van der Waals surface area contributed by atoms with Gasteiger partial charge in [-0.2, -0.15) is 0 Å². The SMILES string of the molecule is CCCC(C)NC(=O)COc1c(C)cc(Br)cc1CN. The van der Waals surface area contributed by atoms with Crippen LogP contribution in [-0.4, -0.2) is 18.6 Å². The van der Waals surface area contributed by atoms with Crippen LogP contribution >= 0.6 is 15.9 Å². The first-order chi connectivity index (χ1) is 9.47. The molecule has 1 rings (SSSR count). The van der Waals surface area contributed by atoms with Gasteiger partial charge in [0.2, 0.25) is 0 Å². The van der Waals surface area contributed by atoms with Crippen LogP contribution in [0, 0.1) is 6.92 Å². The Hall–Kier alpha value is -1.07. The molecular weight excluding hydrogens is 320 g/mol. The van der Waals surface area contributed by atoms with Crippen molar-refractivity contribution >= 4 is 21.8 Å². The van der Waals surface area contributed by atoms with E-state index in [1.807, 2.05) is 26.0 Å². The quantitative estimate of drug-likeness (QED) is 0.800. The molecule has 0 aliphatic carbocycles. The smallest absolute Gasteiger partial charge is 0.258 e. The summed E-state index contributed by atoms with van der Waals surface area (Å²) in [5, 5.41) is 2.91. The molecule has 0 fully saturated rings. The van der Waals surface area contributed by atoms with E-state index in [1.165, 1.54) is 0 Å². The Morgan fingerprint density at radius 3 is 2.80 bits per heavy atom. The molecule has 0 radical (unpaired) electrons. The van der Waals surface area contributed by atoms with Crippen LogP contribution in [0.4, 0.5) is 0 Å². The summed E-state index contributed by atoms with van der Waals surface area (Å²) < 4.78 is 6.60. The van der Waals surface area contributed by atoms with E-state index in [9.17, 15) is 4.79 Å². The van der Waals surface area contributed by atoms with Gasteiger partial charge in [-0.1, -0.05) is 29.3 Å². The lowest BCUT2D eigenvalue weighted by Gasteiger charge is -2.16. The number of nitrogens with two attached hydrogens (primary N) is 1. The van der Waals surface area contributed by atoms with E-state index in [0.29, 0.717) is 12.3 Å². The third-order valence-electron chi connectivity index (χ3n) is 3.01. The van der Waals surface area contributed by atoms with E-state index >= 15 is 0 Å². The van der Waals surface area contributed by atoms with Crippen molar-refractivity contribution in [3.05, 3.63) is 27.7 Å². The third-order valence-corrected chi connectivity index (χ3v) is 3.47. The summed E-state index contributed by atoms with van der Waals surface area (Å²) in [6, 6.07) is 4.04. The minimum atomic E-state index is -0.101. The summed E-state index contributed by atoms with van der Waals surface area (Å²) in [5.74, 6) is 0.602. The highest BCUT2D eigenvalue weighted by Gasteiger charge is 2.11. The van der Waals surface area contributed by atoms with Crippen molar-refractivity contribution in [2.24, 2.45) is 5.73 Å². The molecule has 4 nitrogen and oxygen atoms in total. The summed E-state index contributed by atoms with van der Waals surface area (Å²) >= 11 is 3.43. The molecule has 1 atom stereocenters. The van der Waals surface area contributed by atoms with Crippen LogP contribution in [0.2, 0.25) is 0 Å². The topological polar surface area (TPSA) is 64.3 Å². The number of benzene rings is 1. The van der Waals surface area contributed by atoms with E-state index in [4.69, 9.17) is 10.5 Å². The van der Waals surface area contributed by atoms with Gasteiger partial charge in [0.05, 0.1) is 0 Å². The Labute approximate surface area is 129 Å². The Morgan fingerprint density at radius 1 is 1.50 bits per heavy atom. The van der Waals surface area contributed by atoms with Crippen LogP contribution in [0.25, 0.3) is 0 Å². The average Bonchev–Trinajstić information content (AvgIpc) is 2.36. The van der Waals surface area contributed by atoms with Gasteiger partial charge in [0, 0.05) is 22.6 Å². The first-order valence-corrected chi connectivity index (χ1v) is 7.68. The summed E-state index contributed by atoms with van der Waals surface area (Å²) in [4.78, 5) is 11.8. The maximum atomic E-state index is 11.8. The standard InChI is InChI=1S/C15H23BrN2O2/c1-4-5-11(3)18-14(19)9-20-15-10(2)6-13(16)7-12(15)8-17/h6-7,11H,4-5,8-9,17H2,1-3H3,(H,18,19). The van der Waals surface area contributed by atoms with E-state index in [1.54, 1.807) is 0 Å². The number of carbonyl (C=O) groups excluding carboxylic acids is 1. The molecule has 1 aromatic carbocycles. The lowest BCUT2D eigenvalue weighted by atomic mass is 10.1. The Morgan fingerprint density at radius 2 is 2.20 bits per heavy atom. The molecule has 1 aromatic rings. The van der Waals surface area contributed by atoms with Gasteiger partial charge in [-0.15, -0.1) is 0 Å². The molecule has 20 heavy (non-hydrogen) atoms. The fourth-order valence-corrected chi connectivity index (χ4v) is 2.74. The normalized spacial score (nSPS) is 12.1. The molecule has 3 N–H and O–H groups in total. The van der Waals surface area contributed by atoms with Gasteiger partial charge in [-0.25, -0.2) is 0 Å². The highest BCUT2D eigenvalue weighted by atomic mass is 79.9.